The summed E-state index contributed by atoms with van der Waals surface area (Å²) in [6.07, 6.45) is 3.81. The molecule has 2 N–H and O–H groups in total. The molecule has 0 spiro atoms. The number of nitriles is 1. The second kappa shape index (κ2) is 5.27. The van der Waals surface area contributed by atoms with Crippen molar-refractivity contribution < 1.29 is 5.11 Å². The van der Waals surface area contributed by atoms with Gasteiger partial charge in [0.15, 0.2) is 0 Å². The zero-order chi connectivity index (χ0) is 13.9. The first-order chi connectivity index (χ1) is 9.76. The topological polar surface area (TPSA) is 81.8 Å². The highest BCUT2D eigenvalue weighted by Crippen LogP contribution is 2.28. The molecule has 0 radical (unpaired) electrons. The van der Waals surface area contributed by atoms with Crippen LogP contribution in [0.3, 0.4) is 0 Å². The summed E-state index contributed by atoms with van der Waals surface area (Å²) in [7, 11) is 0. The van der Waals surface area contributed by atoms with Crippen LogP contribution in [0.1, 0.15) is 35.8 Å². The number of hydrogen-bond acceptors (Lipinski definition) is 5. The average Bonchev–Trinajstić information content (AvgIpc) is 2.47. The van der Waals surface area contributed by atoms with Crippen LogP contribution in [-0.2, 0) is 6.42 Å². The second-order valence-electron chi connectivity index (χ2n) is 4.82. The van der Waals surface area contributed by atoms with Crippen molar-refractivity contribution in [2.24, 2.45) is 0 Å². The van der Waals surface area contributed by atoms with E-state index in [1.165, 1.54) is 0 Å². The summed E-state index contributed by atoms with van der Waals surface area (Å²) in [6, 6.07) is 9.26. The molecule has 5 nitrogen and oxygen atoms in total. The van der Waals surface area contributed by atoms with Gasteiger partial charge in [-0.3, -0.25) is 0 Å². The van der Waals surface area contributed by atoms with Crippen molar-refractivity contribution in [3.05, 3.63) is 47.3 Å². The minimum absolute atomic E-state index is 0.449. The molecular formula is C15H14N4O. The standard InChI is InChI=1S/C15H14N4O/c16-8-10-3-1-4-11(7-10)18-15-17-9-12-13(19-15)5-2-6-14(12)20/h1,3-4,7,9,14,20H,2,5-6H2,(H,17,18,19). The predicted molar refractivity (Wildman–Crippen MR) is 74.4 cm³/mol. The Hall–Kier alpha value is -2.45. The minimum Gasteiger partial charge on any atom is -0.388 e. The van der Waals surface area contributed by atoms with Gasteiger partial charge < -0.3 is 10.4 Å². The van der Waals surface area contributed by atoms with Gasteiger partial charge in [0.05, 0.1) is 23.4 Å². The van der Waals surface area contributed by atoms with Gasteiger partial charge in [0.25, 0.3) is 0 Å². The zero-order valence-electron chi connectivity index (χ0n) is 10.9. The number of anilines is 2. The highest BCUT2D eigenvalue weighted by molar-refractivity contribution is 5.56. The van der Waals surface area contributed by atoms with Crippen molar-refractivity contribution in [1.82, 2.24) is 9.97 Å². The average molecular weight is 266 g/mol. The van der Waals surface area contributed by atoms with E-state index in [4.69, 9.17) is 5.26 Å². The molecule has 0 bridgehead atoms. The van der Waals surface area contributed by atoms with Crippen molar-refractivity contribution in [2.75, 3.05) is 5.32 Å². The van der Waals surface area contributed by atoms with E-state index >= 15 is 0 Å². The molecule has 1 aromatic heterocycles. The van der Waals surface area contributed by atoms with Gasteiger partial charge in [-0.05, 0) is 37.5 Å². The number of benzene rings is 1. The summed E-state index contributed by atoms with van der Waals surface area (Å²) in [4.78, 5) is 8.68. The molecule has 1 unspecified atom stereocenters. The van der Waals surface area contributed by atoms with E-state index in [1.807, 2.05) is 12.1 Å². The van der Waals surface area contributed by atoms with Crippen molar-refractivity contribution >= 4 is 11.6 Å². The zero-order valence-corrected chi connectivity index (χ0v) is 10.9. The van der Waals surface area contributed by atoms with Crippen LogP contribution in [0.15, 0.2) is 30.5 Å². The first kappa shape index (κ1) is 12.6. The molecule has 0 amide bonds. The fourth-order valence-corrected chi connectivity index (χ4v) is 2.38. The molecule has 2 aromatic rings. The van der Waals surface area contributed by atoms with Crippen molar-refractivity contribution in [3.63, 3.8) is 0 Å². The summed E-state index contributed by atoms with van der Waals surface area (Å²) in [6.45, 7) is 0. The smallest absolute Gasteiger partial charge is 0.227 e. The predicted octanol–water partition coefficient (Wildman–Crippen LogP) is 2.46. The number of nitrogens with zero attached hydrogens (tertiary/aromatic N) is 3. The Morgan fingerprint density at radius 1 is 1.40 bits per heavy atom. The van der Waals surface area contributed by atoms with Gasteiger partial charge in [-0.25, -0.2) is 9.97 Å². The first-order valence-electron chi connectivity index (χ1n) is 6.57. The number of aliphatic hydroxyl groups excluding tert-OH is 1. The fourth-order valence-electron chi connectivity index (χ4n) is 2.38. The Morgan fingerprint density at radius 3 is 3.15 bits per heavy atom. The molecule has 1 aliphatic rings. The third-order valence-electron chi connectivity index (χ3n) is 3.40. The van der Waals surface area contributed by atoms with Gasteiger partial charge in [-0.1, -0.05) is 6.07 Å². The third-order valence-corrected chi connectivity index (χ3v) is 3.40. The van der Waals surface area contributed by atoms with Gasteiger partial charge in [0, 0.05) is 17.4 Å². The quantitative estimate of drug-likeness (QED) is 0.872. The molecular weight excluding hydrogens is 252 g/mol. The summed E-state index contributed by atoms with van der Waals surface area (Å²) in [5, 5.41) is 21.8. The van der Waals surface area contributed by atoms with Gasteiger partial charge in [0.2, 0.25) is 5.95 Å². The molecule has 1 heterocycles. The SMILES string of the molecule is N#Cc1cccc(Nc2ncc3c(n2)CCCC3O)c1. The molecule has 20 heavy (non-hydrogen) atoms. The van der Waals surface area contributed by atoms with Gasteiger partial charge >= 0.3 is 0 Å². The Kier molecular flexibility index (Phi) is 3.32. The van der Waals surface area contributed by atoms with Crippen LogP contribution in [0.25, 0.3) is 0 Å². The van der Waals surface area contributed by atoms with E-state index in [2.05, 4.69) is 21.4 Å². The summed E-state index contributed by atoms with van der Waals surface area (Å²) in [5.74, 6) is 0.493. The molecule has 100 valence electrons. The van der Waals surface area contributed by atoms with Crippen LogP contribution < -0.4 is 5.32 Å². The molecule has 3 rings (SSSR count). The number of fused-ring (bicyclic) bond motifs is 1. The summed E-state index contributed by atoms with van der Waals surface area (Å²) >= 11 is 0. The van der Waals surface area contributed by atoms with E-state index in [1.54, 1.807) is 18.3 Å². The maximum absolute atomic E-state index is 9.87. The van der Waals surface area contributed by atoms with Gasteiger partial charge in [-0.2, -0.15) is 5.26 Å². The Balaban J connectivity index is 1.86. The molecule has 0 fully saturated rings. The molecule has 0 aliphatic heterocycles. The maximum Gasteiger partial charge on any atom is 0.227 e. The summed E-state index contributed by atoms with van der Waals surface area (Å²) in [5.41, 5.74) is 3.09. The molecule has 1 atom stereocenters. The molecule has 1 aromatic carbocycles. The lowest BCUT2D eigenvalue weighted by Crippen LogP contribution is -2.13. The van der Waals surface area contributed by atoms with E-state index in [0.717, 1.165) is 36.2 Å². The summed E-state index contributed by atoms with van der Waals surface area (Å²) < 4.78 is 0. The number of rotatable bonds is 2. The van der Waals surface area contributed by atoms with Crippen LogP contribution in [-0.4, -0.2) is 15.1 Å². The number of nitrogens with one attached hydrogen (secondary N) is 1. The number of aliphatic hydroxyl groups is 1. The first-order valence-corrected chi connectivity index (χ1v) is 6.57. The molecule has 5 heteroatoms. The highest BCUT2D eigenvalue weighted by Gasteiger charge is 2.19. The van der Waals surface area contributed by atoms with Crippen LogP contribution in [0, 0.1) is 11.3 Å². The van der Waals surface area contributed by atoms with E-state index in [9.17, 15) is 5.11 Å². The molecule has 1 aliphatic carbocycles. The van der Waals surface area contributed by atoms with Crippen molar-refractivity contribution in [1.29, 1.82) is 5.26 Å². The fraction of sp³-hybridized carbons (Fsp3) is 0.267. The van der Waals surface area contributed by atoms with Crippen molar-refractivity contribution in [3.8, 4) is 6.07 Å². The highest BCUT2D eigenvalue weighted by atomic mass is 16.3. The van der Waals surface area contributed by atoms with E-state index in [0.29, 0.717) is 11.5 Å². The van der Waals surface area contributed by atoms with Crippen LogP contribution in [0.5, 0.6) is 0 Å². The Labute approximate surface area is 116 Å². The van der Waals surface area contributed by atoms with Crippen LogP contribution in [0.4, 0.5) is 11.6 Å². The lowest BCUT2D eigenvalue weighted by atomic mass is 9.95. The lowest BCUT2D eigenvalue weighted by Gasteiger charge is -2.20. The maximum atomic E-state index is 9.87. The van der Waals surface area contributed by atoms with E-state index < -0.39 is 6.10 Å². The molecule has 0 saturated heterocycles. The number of aryl methyl sites for hydroxylation is 1. The largest absolute Gasteiger partial charge is 0.388 e. The normalized spacial score (nSPS) is 17.1. The molecule has 0 saturated carbocycles. The van der Waals surface area contributed by atoms with Gasteiger partial charge in [-0.15, -0.1) is 0 Å². The van der Waals surface area contributed by atoms with Crippen LogP contribution in [0.2, 0.25) is 0 Å². The lowest BCUT2D eigenvalue weighted by molar-refractivity contribution is 0.155. The van der Waals surface area contributed by atoms with Gasteiger partial charge in [0.1, 0.15) is 0 Å². The monoisotopic (exact) mass is 266 g/mol. The van der Waals surface area contributed by atoms with Crippen LogP contribution >= 0.6 is 0 Å². The van der Waals surface area contributed by atoms with E-state index in [-0.39, 0.29) is 0 Å². The Bertz CT molecular complexity index is 678. The van der Waals surface area contributed by atoms with Crippen molar-refractivity contribution in [2.45, 2.75) is 25.4 Å². The Morgan fingerprint density at radius 2 is 2.30 bits per heavy atom. The second-order valence-corrected chi connectivity index (χ2v) is 4.82. The minimum atomic E-state index is -0.449. The number of aromatic nitrogens is 2. The number of hydrogen-bond donors (Lipinski definition) is 2. The third kappa shape index (κ3) is 2.46.